The summed E-state index contributed by atoms with van der Waals surface area (Å²) in [6, 6.07) is 7.00. The van der Waals surface area contributed by atoms with Gasteiger partial charge in [-0.3, -0.25) is 14.3 Å². The third-order valence-corrected chi connectivity index (χ3v) is 5.55. The molecule has 0 aliphatic carbocycles. The van der Waals surface area contributed by atoms with Crippen LogP contribution in [0.3, 0.4) is 0 Å². The average Bonchev–Trinajstić information content (AvgIpc) is 3.25. The Morgan fingerprint density at radius 2 is 1.86 bits per heavy atom. The number of pyridine rings is 1. The maximum Gasteiger partial charge on any atom is 0.267 e. The van der Waals surface area contributed by atoms with E-state index in [1.807, 2.05) is 19.2 Å². The fraction of sp³-hybridized carbons (Fsp3) is 0.150. The van der Waals surface area contributed by atoms with E-state index >= 15 is 0 Å². The summed E-state index contributed by atoms with van der Waals surface area (Å²) in [6.45, 7) is 4.26. The summed E-state index contributed by atoms with van der Waals surface area (Å²) in [7, 11) is 0. The molecule has 4 aromatic rings. The molecule has 3 aromatic heterocycles. The largest absolute Gasteiger partial charge is 0.366 e. The van der Waals surface area contributed by atoms with Crippen molar-refractivity contribution in [3.63, 3.8) is 0 Å². The van der Waals surface area contributed by atoms with Crippen molar-refractivity contribution in [1.82, 2.24) is 19.7 Å². The van der Waals surface area contributed by atoms with Gasteiger partial charge in [-0.25, -0.2) is 9.97 Å². The fourth-order valence-electron chi connectivity index (χ4n) is 3.39. The predicted molar refractivity (Wildman–Crippen MR) is 111 cm³/mol. The molecule has 0 radical (unpaired) electrons. The molecule has 9 heteroatoms. The Kier molecular flexibility index (Phi) is 4.59. The Hall–Kier alpha value is -3.59. The molecule has 0 fully saturated rings. The van der Waals surface area contributed by atoms with Crippen molar-refractivity contribution < 1.29 is 9.59 Å². The molecule has 4 rings (SSSR count). The van der Waals surface area contributed by atoms with Gasteiger partial charge in [0.1, 0.15) is 5.69 Å². The Balaban J connectivity index is 1.96. The van der Waals surface area contributed by atoms with E-state index in [1.54, 1.807) is 46.5 Å². The number of para-hydroxylation sites is 1. The number of hydrogen-bond donors (Lipinski definition) is 2. The van der Waals surface area contributed by atoms with E-state index in [-0.39, 0.29) is 11.3 Å². The van der Waals surface area contributed by atoms with Crippen LogP contribution in [0, 0.1) is 13.8 Å². The molecule has 0 saturated heterocycles. The summed E-state index contributed by atoms with van der Waals surface area (Å²) < 4.78 is 1.76. The normalized spacial score (nSPS) is 11.1. The van der Waals surface area contributed by atoms with Crippen LogP contribution in [0.25, 0.3) is 22.0 Å². The number of aromatic nitrogens is 4. The minimum atomic E-state index is -0.740. The predicted octanol–water partition coefficient (Wildman–Crippen LogP) is 2.42. The first-order valence-corrected chi connectivity index (χ1v) is 9.71. The highest BCUT2D eigenvalue weighted by atomic mass is 32.1. The molecule has 0 aliphatic rings. The molecule has 1 aromatic carbocycles. The lowest BCUT2D eigenvalue weighted by atomic mass is 9.94. The van der Waals surface area contributed by atoms with Crippen molar-refractivity contribution in [2.75, 3.05) is 0 Å². The van der Waals surface area contributed by atoms with Gasteiger partial charge in [-0.1, -0.05) is 18.2 Å². The molecule has 4 N–H and O–H groups in total. The number of amides is 2. The minimum Gasteiger partial charge on any atom is -0.366 e. The third-order valence-electron chi connectivity index (χ3n) is 4.72. The molecule has 0 aliphatic heterocycles. The number of benzene rings is 1. The molecule has 2 amide bonds. The van der Waals surface area contributed by atoms with Gasteiger partial charge in [-0.15, -0.1) is 11.3 Å². The van der Waals surface area contributed by atoms with E-state index in [0.29, 0.717) is 28.6 Å². The molecule has 3 heterocycles. The van der Waals surface area contributed by atoms with Crippen molar-refractivity contribution >= 4 is 34.1 Å². The smallest absolute Gasteiger partial charge is 0.267 e. The highest BCUT2D eigenvalue weighted by molar-refractivity contribution is 7.09. The van der Waals surface area contributed by atoms with Gasteiger partial charge in [-0.2, -0.15) is 5.10 Å². The number of carbonyl (C=O) groups is 2. The summed E-state index contributed by atoms with van der Waals surface area (Å²) in [5.74, 6) is -1.40. The highest BCUT2D eigenvalue weighted by Gasteiger charge is 2.25. The lowest BCUT2D eigenvalue weighted by Gasteiger charge is -2.14. The number of hydrogen-bond acceptors (Lipinski definition) is 6. The summed E-state index contributed by atoms with van der Waals surface area (Å²) >= 11 is 1.56. The van der Waals surface area contributed by atoms with Crippen molar-refractivity contribution in [2.24, 2.45) is 11.5 Å². The van der Waals surface area contributed by atoms with Crippen LogP contribution in [0.5, 0.6) is 0 Å². The maximum atomic E-state index is 12.4. The quantitative estimate of drug-likeness (QED) is 0.526. The Morgan fingerprint density at radius 1 is 1.10 bits per heavy atom. The maximum absolute atomic E-state index is 12.4. The van der Waals surface area contributed by atoms with E-state index in [9.17, 15) is 9.59 Å². The van der Waals surface area contributed by atoms with Gasteiger partial charge in [0, 0.05) is 27.6 Å². The van der Waals surface area contributed by atoms with Gasteiger partial charge in [0.05, 0.1) is 34.5 Å². The van der Waals surface area contributed by atoms with Crippen LogP contribution in [0.2, 0.25) is 0 Å². The van der Waals surface area contributed by atoms with Crippen LogP contribution in [-0.2, 0) is 6.54 Å². The SMILES string of the molecule is Cc1nc(Cn2ncc(-c3c(C(N)=O)nc4ccccc4c3C(N)=O)c2C)cs1. The van der Waals surface area contributed by atoms with Gasteiger partial charge < -0.3 is 11.5 Å². The molecule has 0 unspecified atom stereocenters. The number of nitrogens with two attached hydrogens (primary N) is 2. The second kappa shape index (κ2) is 7.10. The second-order valence-electron chi connectivity index (χ2n) is 6.62. The van der Waals surface area contributed by atoms with Crippen LogP contribution in [0.1, 0.15) is 37.2 Å². The first kappa shape index (κ1) is 18.8. The summed E-state index contributed by atoms with van der Waals surface area (Å²) in [5.41, 5.74) is 14.5. The zero-order valence-corrected chi connectivity index (χ0v) is 16.7. The second-order valence-corrected chi connectivity index (χ2v) is 7.68. The Morgan fingerprint density at radius 3 is 2.52 bits per heavy atom. The molecule has 0 spiro atoms. The Labute approximate surface area is 170 Å². The molecule has 0 bridgehead atoms. The number of primary amides is 2. The monoisotopic (exact) mass is 406 g/mol. The summed E-state index contributed by atoms with van der Waals surface area (Å²) in [5, 5.41) is 7.92. The lowest BCUT2D eigenvalue weighted by molar-refractivity contribution is 0.0996. The molecular formula is C20H18N6O2S. The van der Waals surface area contributed by atoms with Gasteiger partial charge in [0.2, 0.25) is 5.91 Å². The Bertz CT molecular complexity index is 1270. The van der Waals surface area contributed by atoms with Crippen molar-refractivity contribution in [1.29, 1.82) is 0 Å². The minimum absolute atomic E-state index is 0.00958. The van der Waals surface area contributed by atoms with Crippen LogP contribution < -0.4 is 11.5 Å². The van der Waals surface area contributed by atoms with Crippen molar-refractivity contribution in [3.05, 3.63) is 63.5 Å². The van der Waals surface area contributed by atoms with Crippen LogP contribution in [0.4, 0.5) is 0 Å². The van der Waals surface area contributed by atoms with Crippen LogP contribution in [0.15, 0.2) is 35.8 Å². The lowest BCUT2D eigenvalue weighted by Crippen LogP contribution is -2.20. The topological polar surface area (TPSA) is 130 Å². The van der Waals surface area contributed by atoms with Gasteiger partial charge in [0.15, 0.2) is 0 Å². The number of aryl methyl sites for hydroxylation is 1. The van der Waals surface area contributed by atoms with Gasteiger partial charge >= 0.3 is 0 Å². The number of thiazole rings is 1. The van der Waals surface area contributed by atoms with E-state index in [2.05, 4.69) is 15.1 Å². The molecule has 146 valence electrons. The van der Waals surface area contributed by atoms with Crippen molar-refractivity contribution in [3.8, 4) is 11.1 Å². The zero-order valence-electron chi connectivity index (χ0n) is 15.8. The average molecular weight is 406 g/mol. The fourth-order valence-corrected chi connectivity index (χ4v) is 4.00. The van der Waals surface area contributed by atoms with Gasteiger partial charge in [-0.05, 0) is 19.9 Å². The highest BCUT2D eigenvalue weighted by Crippen LogP contribution is 2.34. The number of nitrogens with zero attached hydrogens (tertiary/aromatic N) is 4. The summed E-state index contributed by atoms with van der Waals surface area (Å²) in [4.78, 5) is 33.5. The van der Waals surface area contributed by atoms with Crippen LogP contribution in [-0.4, -0.2) is 31.6 Å². The number of carbonyl (C=O) groups excluding carboxylic acids is 2. The third kappa shape index (κ3) is 3.25. The van der Waals surface area contributed by atoms with Gasteiger partial charge in [0.25, 0.3) is 5.91 Å². The van der Waals surface area contributed by atoms with E-state index in [4.69, 9.17) is 11.5 Å². The molecule has 0 saturated carbocycles. The molecule has 29 heavy (non-hydrogen) atoms. The van der Waals surface area contributed by atoms with Crippen molar-refractivity contribution in [2.45, 2.75) is 20.4 Å². The van der Waals surface area contributed by atoms with Crippen LogP contribution >= 0.6 is 11.3 Å². The summed E-state index contributed by atoms with van der Waals surface area (Å²) in [6.07, 6.45) is 1.60. The van der Waals surface area contributed by atoms with E-state index < -0.39 is 11.8 Å². The zero-order chi connectivity index (χ0) is 20.7. The number of fused-ring (bicyclic) bond motifs is 1. The first-order valence-electron chi connectivity index (χ1n) is 8.83. The molecule has 0 atom stereocenters. The molecular weight excluding hydrogens is 388 g/mol. The first-order chi connectivity index (χ1) is 13.9. The standard InChI is InChI=1S/C20H18N6O2S/c1-10-14(7-23-26(10)8-12-9-29-11(2)24-12)16-17(19(21)27)13-5-3-4-6-15(13)25-18(16)20(22)28/h3-7,9H,8H2,1-2H3,(H2,21,27)(H2,22,28). The molecule has 8 nitrogen and oxygen atoms in total. The van der Waals surface area contributed by atoms with E-state index in [1.165, 1.54) is 0 Å². The number of rotatable bonds is 5. The van der Waals surface area contributed by atoms with E-state index in [0.717, 1.165) is 16.4 Å².